The summed E-state index contributed by atoms with van der Waals surface area (Å²) in [5, 5.41) is 8.90. The van der Waals surface area contributed by atoms with Gasteiger partial charge in [-0.1, -0.05) is 0 Å². The van der Waals surface area contributed by atoms with Gasteiger partial charge in [0.25, 0.3) is 10.0 Å². The van der Waals surface area contributed by atoms with Crippen LogP contribution in [0.3, 0.4) is 0 Å². The van der Waals surface area contributed by atoms with Gasteiger partial charge in [0.1, 0.15) is 4.21 Å². The third-order valence-electron chi connectivity index (χ3n) is 2.50. The fourth-order valence-corrected chi connectivity index (χ4v) is 4.78. The summed E-state index contributed by atoms with van der Waals surface area (Å²) in [4.78, 5) is 14.6. The molecule has 0 aromatic carbocycles. The molecule has 2 heterocycles. The lowest BCUT2D eigenvalue weighted by atomic mass is 10.3. The number of sulfonamides is 1. The molecule has 0 unspecified atom stereocenters. The fraction of sp³-hybridized carbons (Fsp3) is 0.0909. The predicted octanol–water partition coefficient (Wildman–Crippen LogP) is 2.43. The number of rotatable bonds is 4. The normalized spacial score (nSPS) is 11.3. The van der Waals surface area contributed by atoms with Gasteiger partial charge >= 0.3 is 5.97 Å². The first-order valence-electron chi connectivity index (χ1n) is 5.25. The quantitative estimate of drug-likeness (QED) is 0.884. The summed E-state index contributed by atoms with van der Waals surface area (Å²) < 4.78 is 26.6. The van der Waals surface area contributed by atoms with E-state index in [4.69, 9.17) is 5.11 Å². The number of thiophene rings is 1. The second kappa shape index (κ2) is 5.51. The lowest BCUT2D eigenvalue weighted by Gasteiger charge is -2.18. The molecule has 0 aliphatic carbocycles. The van der Waals surface area contributed by atoms with Crippen LogP contribution in [0.4, 0.5) is 5.69 Å². The molecule has 0 atom stereocenters. The number of aromatic carboxylic acids is 1. The molecular weight excluding hydrogens is 368 g/mol. The van der Waals surface area contributed by atoms with E-state index in [9.17, 15) is 13.2 Å². The Balaban J connectivity index is 2.43. The van der Waals surface area contributed by atoms with Gasteiger partial charge in [0, 0.05) is 13.2 Å². The highest BCUT2D eigenvalue weighted by Crippen LogP contribution is 2.30. The number of anilines is 1. The molecule has 6 nitrogen and oxygen atoms in total. The standard InChI is InChI=1S/C11H9BrN2O4S2/c1-14(8-4-7(11(15)16)5-13-6-8)20(17,18)10-3-2-9(12)19-10/h2-6H,1H3,(H,15,16). The zero-order chi connectivity index (χ0) is 14.9. The Morgan fingerprint density at radius 1 is 1.40 bits per heavy atom. The van der Waals surface area contributed by atoms with Gasteiger partial charge in [-0.05, 0) is 34.1 Å². The van der Waals surface area contributed by atoms with E-state index in [1.165, 1.54) is 25.4 Å². The van der Waals surface area contributed by atoms with E-state index in [2.05, 4.69) is 20.9 Å². The maximum absolute atomic E-state index is 12.4. The summed E-state index contributed by atoms with van der Waals surface area (Å²) in [6.07, 6.45) is 2.46. The second-order valence-electron chi connectivity index (χ2n) is 3.77. The molecule has 106 valence electrons. The molecule has 9 heteroatoms. The molecule has 0 saturated carbocycles. The van der Waals surface area contributed by atoms with Crippen LogP contribution in [0.15, 0.2) is 38.6 Å². The van der Waals surface area contributed by atoms with Crippen LogP contribution in [0.25, 0.3) is 0 Å². The highest BCUT2D eigenvalue weighted by Gasteiger charge is 2.24. The van der Waals surface area contributed by atoms with Gasteiger partial charge in [0.15, 0.2) is 0 Å². The number of hydrogen-bond acceptors (Lipinski definition) is 5. The van der Waals surface area contributed by atoms with Crippen molar-refractivity contribution < 1.29 is 18.3 Å². The molecule has 2 aromatic rings. The average molecular weight is 377 g/mol. The zero-order valence-electron chi connectivity index (χ0n) is 10.1. The Morgan fingerprint density at radius 2 is 2.10 bits per heavy atom. The molecule has 0 fully saturated rings. The summed E-state index contributed by atoms with van der Waals surface area (Å²) in [6.45, 7) is 0. The molecule has 0 spiro atoms. The van der Waals surface area contributed by atoms with E-state index < -0.39 is 16.0 Å². The van der Waals surface area contributed by atoms with Crippen molar-refractivity contribution in [2.75, 3.05) is 11.4 Å². The molecule has 1 N–H and O–H groups in total. The molecule has 2 aromatic heterocycles. The number of hydrogen-bond donors (Lipinski definition) is 1. The van der Waals surface area contributed by atoms with Crippen molar-refractivity contribution in [1.29, 1.82) is 0 Å². The van der Waals surface area contributed by atoms with E-state index in [1.807, 2.05) is 0 Å². The van der Waals surface area contributed by atoms with E-state index in [0.29, 0.717) is 3.79 Å². The van der Waals surface area contributed by atoms with Crippen LogP contribution in [0.2, 0.25) is 0 Å². The van der Waals surface area contributed by atoms with Crippen LogP contribution in [-0.4, -0.2) is 31.5 Å². The third-order valence-corrected chi connectivity index (χ3v) is 6.37. The van der Waals surface area contributed by atoms with Crippen LogP contribution in [0.5, 0.6) is 0 Å². The van der Waals surface area contributed by atoms with Crippen LogP contribution < -0.4 is 4.31 Å². The first kappa shape index (κ1) is 14.9. The summed E-state index contributed by atoms with van der Waals surface area (Å²) in [6, 6.07) is 4.38. The highest BCUT2D eigenvalue weighted by molar-refractivity contribution is 9.11. The van der Waals surface area contributed by atoms with Crippen molar-refractivity contribution in [1.82, 2.24) is 4.98 Å². The van der Waals surface area contributed by atoms with Gasteiger partial charge in [0.2, 0.25) is 0 Å². The SMILES string of the molecule is CN(c1cncc(C(=O)O)c1)S(=O)(=O)c1ccc(Br)s1. The molecular formula is C11H9BrN2O4S2. The third kappa shape index (κ3) is 2.84. The Hall–Kier alpha value is -1.45. The predicted molar refractivity (Wildman–Crippen MR) is 78.8 cm³/mol. The smallest absolute Gasteiger partial charge is 0.337 e. The van der Waals surface area contributed by atoms with Gasteiger partial charge in [-0.25, -0.2) is 13.2 Å². The monoisotopic (exact) mass is 376 g/mol. The first-order chi connectivity index (χ1) is 9.32. The van der Waals surface area contributed by atoms with Crippen LogP contribution in [0, 0.1) is 0 Å². The van der Waals surface area contributed by atoms with Crippen LogP contribution in [0.1, 0.15) is 10.4 Å². The Labute approximate surface area is 127 Å². The molecule has 0 bridgehead atoms. The van der Waals surface area contributed by atoms with Crippen molar-refractivity contribution >= 4 is 48.9 Å². The number of halogens is 1. The number of nitrogens with zero attached hydrogens (tertiary/aromatic N) is 2. The minimum Gasteiger partial charge on any atom is -0.478 e. The number of carboxylic acids is 1. The summed E-state index contributed by atoms with van der Waals surface area (Å²) >= 11 is 4.28. The second-order valence-corrected chi connectivity index (χ2v) is 8.43. The minimum absolute atomic E-state index is 0.0723. The van der Waals surface area contributed by atoms with Gasteiger partial charge in [-0.15, -0.1) is 11.3 Å². The lowest BCUT2D eigenvalue weighted by Crippen LogP contribution is -2.26. The number of carbonyl (C=O) groups is 1. The zero-order valence-corrected chi connectivity index (χ0v) is 13.4. The first-order valence-corrected chi connectivity index (χ1v) is 8.30. The largest absolute Gasteiger partial charge is 0.478 e. The van der Waals surface area contributed by atoms with Gasteiger partial charge in [-0.3, -0.25) is 9.29 Å². The van der Waals surface area contributed by atoms with Gasteiger partial charge in [0.05, 0.1) is 21.2 Å². The van der Waals surface area contributed by atoms with Crippen molar-refractivity contribution in [3.63, 3.8) is 0 Å². The summed E-state index contributed by atoms with van der Waals surface area (Å²) in [5.74, 6) is -1.16. The van der Waals surface area contributed by atoms with Crippen LogP contribution in [-0.2, 0) is 10.0 Å². The van der Waals surface area contributed by atoms with Gasteiger partial charge in [-0.2, -0.15) is 0 Å². The highest BCUT2D eigenvalue weighted by atomic mass is 79.9. The topological polar surface area (TPSA) is 87.6 Å². The maximum Gasteiger partial charge on any atom is 0.337 e. The Bertz CT molecular complexity index is 757. The molecule has 20 heavy (non-hydrogen) atoms. The maximum atomic E-state index is 12.4. The Morgan fingerprint density at radius 3 is 2.65 bits per heavy atom. The van der Waals surface area contributed by atoms with E-state index >= 15 is 0 Å². The molecule has 0 saturated heterocycles. The van der Waals surface area contributed by atoms with Crippen molar-refractivity contribution in [2.45, 2.75) is 4.21 Å². The van der Waals surface area contributed by atoms with E-state index in [0.717, 1.165) is 21.8 Å². The van der Waals surface area contributed by atoms with Gasteiger partial charge < -0.3 is 5.11 Å². The number of carboxylic acid groups (broad SMARTS) is 1. The molecule has 0 radical (unpaired) electrons. The summed E-state index contributed by atoms with van der Waals surface area (Å²) in [5.41, 5.74) is 0.117. The number of aromatic nitrogens is 1. The van der Waals surface area contributed by atoms with Crippen LogP contribution >= 0.6 is 27.3 Å². The number of pyridine rings is 1. The minimum atomic E-state index is -3.72. The van der Waals surface area contributed by atoms with Crippen molar-refractivity contribution in [2.24, 2.45) is 0 Å². The molecule has 2 rings (SSSR count). The van der Waals surface area contributed by atoms with Crippen molar-refractivity contribution in [3.8, 4) is 0 Å². The summed E-state index contributed by atoms with van der Waals surface area (Å²) in [7, 11) is -2.37. The lowest BCUT2D eigenvalue weighted by molar-refractivity contribution is 0.0696. The van der Waals surface area contributed by atoms with Crippen molar-refractivity contribution in [3.05, 3.63) is 39.9 Å². The van der Waals surface area contributed by atoms with E-state index in [-0.39, 0.29) is 15.5 Å². The molecule has 0 amide bonds. The average Bonchev–Trinajstić information content (AvgIpc) is 2.85. The van der Waals surface area contributed by atoms with E-state index in [1.54, 1.807) is 6.07 Å². The molecule has 0 aliphatic heterocycles. The fourth-order valence-electron chi connectivity index (χ4n) is 1.43. The Kier molecular flexibility index (Phi) is 4.11. The molecule has 0 aliphatic rings.